The molecule has 24 heavy (non-hydrogen) atoms. The molecular formula is C19H24N4O. The van der Waals surface area contributed by atoms with Crippen molar-refractivity contribution in [1.82, 2.24) is 15.6 Å². The number of fused-ring (bicyclic) bond motifs is 1. The number of benzene rings is 1. The van der Waals surface area contributed by atoms with Gasteiger partial charge < -0.3 is 16.0 Å². The van der Waals surface area contributed by atoms with Crippen LogP contribution in [0.3, 0.4) is 0 Å². The first-order chi connectivity index (χ1) is 11.8. The topological polar surface area (TPSA) is 66.0 Å². The molecule has 0 aliphatic heterocycles. The molecule has 5 nitrogen and oxygen atoms in total. The number of urea groups is 1. The molecule has 0 radical (unpaired) electrons. The lowest BCUT2D eigenvalue weighted by atomic mass is 9.94. The number of nitrogens with one attached hydrogen (secondary N) is 3. The van der Waals surface area contributed by atoms with E-state index in [0.29, 0.717) is 19.0 Å². The van der Waals surface area contributed by atoms with Crippen LogP contribution in [-0.2, 0) is 0 Å². The number of hydrogen-bond donors (Lipinski definition) is 3. The van der Waals surface area contributed by atoms with E-state index in [0.717, 1.165) is 42.5 Å². The fraction of sp³-hybridized carbons (Fsp3) is 0.368. The third-order valence-electron chi connectivity index (χ3n) is 4.24. The van der Waals surface area contributed by atoms with Crippen LogP contribution in [0.15, 0.2) is 48.6 Å². The SMILES string of the molecule is O=C(NCCNc1ccc2ccccc2n1)NCC1CC=CCC1. The Kier molecular flexibility index (Phi) is 5.66. The van der Waals surface area contributed by atoms with Gasteiger partial charge in [-0.25, -0.2) is 9.78 Å². The Hall–Kier alpha value is -2.56. The van der Waals surface area contributed by atoms with Gasteiger partial charge >= 0.3 is 6.03 Å². The van der Waals surface area contributed by atoms with Gasteiger partial charge in [-0.3, -0.25) is 0 Å². The maximum Gasteiger partial charge on any atom is 0.314 e. The maximum atomic E-state index is 11.8. The van der Waals surface area contributed by atoms with Crippen LogP contribution >= 0.6 is 0 Å². The fourth-order valence-electron chi connectivity index (χ4n) is 2.87. The van der Waals surface area contributed by atoms with Gasteiger partial charge in [-0.1, -0.05) is 30.4 Å². The highest BCUT2D eigenvalue weighted by molar-refractivity contribution is 5.80. The molecule has 2 aromatic rings. The summed E-state index contributed by atoms with van der Waals surface area (Å²) in [6, 6.07) is 11.9. The zero-order chi connectivity index (χ0) is 16.6. The van der Waals surface area contributed by atoms with E-state index in [1.54, 1.807) is 0 Å². The number of allylic oxidation sites excluding steroid dienone is 2. The predicted molar refractivity (Wildman–Crippen MR) is 98.1 cm³/mol. The van der Waals surface area contributed by atoms with Crippen molar-refractivity contribution in [2.75, 3.05) is 25.0 Å². The minimum atomic E-state index is -0.0992. The highest BCUT2D eigenvalue weighted by Crippen LogP contribution is 2.16. The number of pyridine rings is 1. The largest absolute Gasteiger partial charge is 0.368 e. The van der Waals surface area contributed by atoms with Crippen LogP contribution in [0.5, 0.6) is 0 Å². The number of hydrogen-bond acceptors (Lipinski definition) is 3. The molecule has 0 saturated heterocycles. The Morgan fingerprint density at radius 3 is 2.88 bits per heavy atom. The first kappa shape index (κ1) is 16.3. The second-order valence-corrected chi connectivity index (χ2v) is 6.10. The first-order valence-electron chi connectivity index (χ1n) is 8.57. The van der Waals surface area contributed by atoms with E-state index >= 15 is 0 Å². The van der Waals surface area contributed by atoms with E-state index in [-0.39, 0.29) is 6.03 Å². The lowest BCUT2D eigenvalue weighted by Crippen LogP contribution is -2.40. The van der Waals surface area contributed by atoms with E-state index in [4.69, 9.17) is 0 Å². The third-order valence-corrected chi connectivity index (χ3v) is 4.24. The van der Waals surface area contributed by atoms with Gasteiger partial charge in [-0.2, -0.15) is 0 Å². The Balaban J connectivity index is 1.35. The summed E-state index contributed by atoms with van der Waals surface area (Å²) in [4.78, 5) is 16.3. The van der Waals surface area contributed by atoms with E-state index in [1.165, 1.54) is 0 Å². The van der Waals surface area contributed by atoms with Gasteiger partial charge in [0.25, 0.3) is 0 Å². The summed E-state index contributed by atoms with van der Waals surface area (Å²) in [6.07, 6.45) is 7.76. The summed E-state index contributed by atoms with van der Waals surface area (Å²) in [6.45, 7) is 1.95. The van der Waals surface area contributed by atoms with Gasteiger partial charge in [0.2, 0.25) is 0 Å². The van der Waals surface area contributed by atoms with Gasteiger partial charge in [0.05, 0.1) is 5.52 Å². The first-order valence-corrected chi connectivity index (χ1v) is 8.57. The van der Waals surface area contributed by atoms with E-state index < -0.39 is 0 Å². The summed E-state index contributed by atoms with van der Waals surface area (Å²) in [7, 11) is 0. The lowest BCUT2D eigenvalue weighted by Gasteiger charge is -2.18. The highest BCUT2D eigenvalue weighted by atomic mass is 16.2. The van der Waals surface area contributed by atoms with Crippen LogP contribution in [0.2, 0.25) is 0 Å². The molecule has 2 amide bonds. The predicted octanol–water partition coefficient (Wildman–Crippen LogP) is 3.30. The maximum absolute atomic E-state index is 11.8. The number of para-hydroxylation sites is 1. The number of nitrogens with zero attached hydrogens (tertiary/aromatic N) is 1. The van der Waals surface area contributed by atoms with Crippen molar-refractivity contribution in [3.63, 3.8) is 0 Å². The molecule has 126 valence electrons. The number of anilines is 1. The number of aromatic nitrogens is 1. The van der Waals surface area contributed by atoms with Gasteiger partial charge in [-0.15, -0.1) is 0 Å². The minimum Gasteiger partial charge on any atom is -0.368 e. The number of carbonyl (C=O) groups excluding carboxylic acids is 1. The van der Waals surface area contributed by atoms with Crippen LogP contribution in [-0.4, -0.2) is 30.6 Å². The van der Waals surface area contributed by atoms with Crippen LogP contribution < -0.4 is 16.0 Å². The molecule has 0 spiro atoms. The standard InChI is InChI=1S/C19H24N4O/c24-19(22-14-15-6-2-1-3-7-15)21-13-12-20-18-11-10-16-8-4-5-9-17(16)23-18/h1-2,4-5,8-11,15H,3,6-7,12-14H2,(H,20,23)(H2,21,22,24). The second kappa shape index (κ2) is 8.34. The average molecular weight is 324 g/mol. The van der Waals surface area contributed by atoms with Gasteiger partial charge in [0.1, 0.15) is 5.82 Å². The molecule has 5 heteroatoms. The number of rotatable bonds is 6. The van der Waals surface area contributed by atoms with Crippen LogP contribution in [0.4, 0.5) is 10.6 Å². The van der Waals surface area contributed by atoms with Crippen LogP contribution in [0.1, 0.15) is 19.3 Å². The summed E-state index contributed by atoms with van der Waals surface area (Å²) < 4.78 is 0. The minimum absolute atomic E-state index is 0.0992. The van der Waals surface area contributed by atoms with Gasteiger partial charge in [-0.05, 0) is 43.4 Å². The van der Waals surface area contributed by atoms with Gasteiger partial charge in [0, 0.05) is 25.0 Å². The van der Waals surface area contributed by atoms with Crippen molar-refractivity contribution in [1.29, 1.82) is 0 Å². The highest BCUT2D eigenvalue weighted by Gasteiger charge is 2.10. The summed E-state index contributed by atoms with van der Waals surface area (Å²) in [5.41, 5.74) is 0.967. The molecule has 1 heterocycles. The zero-order valence-electron chi connectivity index (χ0n) is 13.8. The summed E-state index contributed by atoms with van der Waals surface area (Å²) in [5.74, 6) is 1.39. The molecule has 1 unspecified atom stereocenters. The molecule has 0 saturated carbocycles. The Bertz CT molecular complexity index is 713. The quantitative estimate of drug-likeness (QED) is 0.564. The molecule has 3 rings (SSSR count). The smallest absolute Gasteiger partial charge is 0.314 e. The number of amides is 2. The third kappa shape index (κ3) is 4.72. The lowest BCUT2D eigenvalue weighted by molar-refractivity contribution is 0.238. The Labute approximate surface area is 142 Å². The molecule has 1 aliphatic rings. The molecule has 1 atom stereocenters. The molecule has 0 bridgehead atoms. The fourth-order valence-corrected chi connectivity index (χ4v) is 2.87. The molecule has 1 aromatic heterocycles. The second-order valence-electron chi connectivity index (χ2n) is 6.10. The van der Waals surface area contributed by atoms with Crippen LogP contribution in [0.25, 0.3) is 10.9 Å². The van der Waals surface area contributed by atoms with Gasteiger partial charge in [0.15, 0.2) is 0 Å². The van der Waals surface area contributed by atoms with Crippen molar-refractivity contribution < 1.29 is 4.79 Å². The molecular weight excluding hydrogens is 300 g/mol. The molecule has 1 aromatic carbocycles. The monoisotopic (exact) mass is 324 g/mol. The van der Waals surface area contributed by atoms with Crippen LogP contribution in [0, 0.1) is 5.92 Å². The Morgan fingerprint density at radius 2 is 2.00 bits per heavy atom. The zero-order valence-corrected chi connectivity index (χ0v) is 13.8. The number of carbonyl (C=O) groups is 1. The Morgan fingerprint density at radius 1 is 1.08 bits per heavy atom. The van der Waals surface area contributed by atoms with E-state index in [1.807, 2.05) is 36.4 Å². The van der Waals surface area contributed by atoms with Crippen molar-refractivity contribution in [2.45, 2.75) is 19.3 Å². The van der Waals surface area contributed by atoms with E-state index in [9.17, 15) is 4.79 Å². The summed E-state index contributed by atoms with van der Waals surface area (Å²) in [5, 5.41) is 10.2. The molecule has 0 fully saturated rings. The molecule has 1 aliphatic carbocycles. The average Bonchev–Trinajstić information content (AvgIpc) is 2.64. The van der Waals surface area contributed by atoms with Crippen molar-refractivity contribution in [3.05, 3.63) is 48.6 Å². The van der Waals surface area contributed by atoms with Crippen molar-refractivity contribution in [2.24, 2.45) is 5.92 Å². The van der Waals surface area contributed by atoms with Crippen molar-refractivity contribution in [3.8, 4) is 0 Å². The normalized spacial score (nSPS) is 16.8. The summed E-state index contributed by atoms with van der Waals surface area (Å²) >= 11 is 0. The molecule has 3 N–H and O–H groups in total. The van der Waals surface area contributed by atoms with Crippen molar-refractivity contribution >= 4 is 22.8 Å². The van der Waals surface area contributed by atoms with E-state index in [2.05, 4.69) is 33.1 Å².